The molecule has 0 saturated carbocycles. The first kappa shape index (κ1) is 19.8. The number of hydrogen-bond donors (Lipinski definition) is 1. The molecule has 3 amide bonds. The largest absolute Gasteiger partial charge is 0.492 e. The lowest BCUT2D eigenvalue weighted by molar-refractivity contribution is -0.123. The molecule has 0 bridgehead atoms. The third-order valence-electron chi connectivity index (χ3n) is 4.69. The van der Waals surface area contributed by atoms with E-state index in [2.05, 4.69) is 15.7 Å². The fourth-order valence-corrected chi connectivity index (χ4v) is 3.60. The summed E-state index contributed by atoms with van der Waals surface area (Å²) in [6.45, 7) is 2.05. The highest BCUT2D eigenvalue weighted by Gasteiger charge is 2.55. The quantitative estimate of drug-likeness (QED) is 0.714. The van der Waals surface area contributed by atoms with E-state index in [0.29, 0.717) is 28.8 Å². The molecule has 0 radical (unpaired) electrons. The number of imide groups is 1. The first-order chi connectivity index (χ1) is 14.5. The minimum absolute atomic E-state index is 0.243. The number of hydrogen-bond acceptors (Lipinski definition) is 7. The predicted octanol–water partition coefficient (Wildman–Crippen LogP) is 2.67. The number of para-hydroxylation sites is 2. The van der Waals surface area contributed by atoms with Crippen LogP contribution < -0.4 is 15.0 Å². The zero-order valence-corrected chi connectivity index (χ0v) is 16.7. The summed E-state index contributed by atoms with van der Waals surface area (Å²) in [7, 11) is 0. The minimum atomic E-state index is -0.986. The summed E-state index contributed by atoms with van der Waals surface area (Å²) in [5, 5.41) is 12.2. The molecule has 9 nitrogen and oxygen atoms in total. The molecule has 4 rings (SSSR count). The highest BCUT2D eigenvalue weighted by Crippen LogP contribution is 2.33. The Morgan fingerprint density at radius 1 is 1.17 bits per heavy atom. The predicted molar refractivity (Wildman–Crippen MR) is 109 cm³/mol. The van der Waals surface area contributed by atoms with Gasteiger partial charge in [0.05, 0.1) is 18.0 Å². The summed E-state index contributed by atoms with van der Waals surface area (Å²) in [5.74, 6) is -0.878. The fraction of sp³-hybridized carbons (Fsp3) is 0.250. The van der Waals surface area contributed by atoms with Gasteiger partial charge in [0, 0.05) is 5.02 Å². The topological polar surface area (TPSA) is 104 Å². The van der Waals surface area contributed by atoms with E-state index in [1.807, 2.05) is 6.92 Å². The van der Waals surface area contributed by atoms with Gasteiger partial charge in [0.15, 0.2) is 12.1 Å². The zero-order chi connectivity index (χ0) is 21.3. The number of benzene rings is 2. The fourth-order valence-electron chi connectivity index (χ4n) is 3.41. The van der Waals surface area contributed by atoms with Gasteiger partial charge in [-0.2, -0.15) is 5.11 Å². The van der Waals surface area contributed by atoms with Crippen LogP contribution in [0.1, 0.15) is 6.92 Å². The Balaban J connectivity index is 1.48. The number of anilines is 2. The summed E-state index contributed by atoms with van der Waals surface area (Å²) < 4.78 is 5.49. The molecule has 1 saturated heterocycles. The first-order valence-electron chi connectivity index (χ1n) is 9.32. The summed E-state index contributed by atoms with van der Waals surface area (Å²) >= 11 is 5.98. The molecule has 0 unspecified atom stereocenters. The lowest BCUT2D eigenvalue weighted by Gasteiger charge is -2.20. The molecule has 1 fully saturated rings. The van der Waals surface area contributed by atoms with Crippen molar-refractivity contribution in [2.45, 2.75) is 19.0 Å². The molecule has 2 aliphatic heterocycles. The van der Waals surface area contributed by atoms with Crippen molar-refractivity contribution in [1.82, 2.24) is 5.01 Å². The van der Waals surface area contributed by atoms with E-state index >= 15 is 0 Å². The third-order valence-corrected chi connectivity index (χ3v) is 4.93. The Kier molecular flexibility index (Phi) is 5.37. The molecule has 0 aromatic heterocycles. The zero-order valence-electron chi connectivity index (χ0n) is 16.0. The van der Waals surface area contributed by atoms with Crippen LogP contribution in [0.3, 0.4) is 0 Å². The molecule has 0 aliphatic carbocycles. The van der Waals surface area contributed by atoms with Crippen molar-refractivity contribution < 1.29 is 19.1 Å². The van der Waals surface area contributed by atoms with Crippen molar-refractivity contribution in [3.63, 3.8) is 0 Å². The molecule has 1 N–H and O–H groups in total. The van der Waals surface area contributed by atoms with Gasteiger partial charge in [0.25, 0.3) is 11.8 Å². The van der Waals surface area contributed by atoms with Gasteiger partial charge in [-0.15, -0.1) is 0 Å². The smallest absolute Gasteiger partial charge is 0.263 e. The number of halogens is 1. The van der Waals surface area contributed by atoms with Gasteiger partial charge in [-0.25, -0.2) is 4.90 Å². The van der Waals surface area contributed by atoms with Gasteiger partial charge in [-0.1, -0.05) is 35.0 Å². The van der Waals surface area contributed by atoms with Crippen LogP contribution in [0.25, 0.3) is 0 Å². The van der Waals surface area contributed by atoms with Gasteiger partial charge < -0.3 is 10.1 Å². The number of amides is 3. The summed E-state index contributed by atoms with van der Waals surface area (Å²) in [6, 6.07) is 11.5. The van der Waals surface area contributed by atoms with E-state index in [1.54, 1.807) is 42.5 Å². The van der Waals surface area contributed by atoms with Crippen LogP contribution in [0.15, 0.2) is 58.9 Å². The van der Waals surface area contributed by atoms with Crippen LogP contribution in [0.2, 0.25) is 5.02 Å². The molecular formula is C20H18ClN5O4. The monoisotopic (exact) mass is 427 g/mol. The summed E-state index contributed by atoms with van der Waals surface area (Å²) in [5.41, 5.74) is 0.864. The lowest BCUT2D eigenvalue weighted by atomic mass is 10.1. The van der Waals surface area contributed by atoms with Crippen LogP contribution in [-0.2, 0) is 14.4 Å². The van der Waals surface area contributed by atoms with Gasteiger partial charge in [0.2, 0.25) is 5.91 Å². The van der Waals surface area contributed by atoms with E-state index in [-0.39, 0.29) is 6.54 Å². The second-order valence-corrected chi connectivity index (χ2v) is 7.10. The second-order valence-electron chi connectivity index (χ2n) is 6.66. The number of carbonyl (C=O) groups excluding carboxylic acids is 3. The molecule has 2 aromatic carbocycles. The van der Waals surface area contributed by atoms with Crippen LogP contribution in [-0.4, -0.2) is 48.0 Å². The maximum absolute atomic E-state index is 12.9. The van der Waals surface area contributed by atoms with Crippen molar-refractivity contribution in [3.05, 3.63) is 53.6 Å². The maximum Gasteiger partial charge on any atom is 0.263 e. The number of rotatable bonds is 6. The van der Waals surface area contributed by atoms with E-state index in [9.17, 15) is 14.4 Å². The van der Waals surface area contributed by atoms with Crippen molar-refractivity contribution in [2.24, 2.45) is 10.3 Å². The number of nitrogens with zero attached hydrogens (tertiary/aromatic N) is 4. The van der Waals surface area contributed by atoms with Crippen molar-refractivity contribution in [3.8, 4) is 5.75 Å². The Hall–Kier alpha value is -3.46. The van der Waals surface area contributed by atoms with Crippen LogP contribution >= 0.6 is 11.6 Å². The Bertz CT molecular complexity index is 1040. The van der Waals surface area contributed by atoms with E-state index < -0.39 is 29.8 Å². The van der Waals surface area contributed by atoms with Crippen LogP contribution in [0.5, 0.6) is 5.75 Å². The normalized spacial score (nSPS) is 19.9. The van der Waals surface area contributed by atoms with E-state index in [4.69, 9.17) is 16.3 Å². The third kappa shape index (κ3) is 3.59. The Labute approximate surface area is 177 Å². The van der Waals surface area contributed by atoms with E-state index in [0.717, 1.165) is 4.90 Å². The molecular weight excluding hydrogens is 410 g/mol. The van der Waals surface area contributed by atoms with Crippen molar-refractivity contribution in [2.75, 3.05) is 23.4 Å². The molecule has 0 spiro atoms. The average molecular weight is 428 g/mol. The van der Waals surface area contributed by atoms with Gasteiger partial charge >= 0.3 is 0 Å². The standard InChI is InChI=1S/C20H18ClN5O4/c1-2-30-15-9-4-3-8-14(15)22-16(27)11-25-18-17(23-24-25)19(28)26(20(18)29)13-7-5-6-12(21)10-13/h3-10,17-18H,2,11H2,1H3,(H,22,27)/t17-,18+/m0/s1. The summed E-state index contributed by atoms with van der Waals surface area (Å²) in [4.78, 5) is 39.3. The van der Waals surface area contributed by atoms with Crippen molar-refractivity contribution >= 4 is 40.7 Å². The highest BCUT2D eigenvalue weighted by atomic mass is 35.5. The minimum Gasteiger partial charge on any atom is -0.492 e. The first-order valence-corrected chi connectivity index (χ1v) is 9.70. The number of nitrogens with one attached hydrogen (secondary N) is 1. The van der Waals surface area contributed by atoms with Gasteiger partial charge in [-0.05, 0) is 37.3 Å². The maximum atomic E-state index is 12.9. The molecule has 2 atom stereocenters. The number of carbonyl (C=O) groups is 3. The average Bonchev–Trinajstić information content (AvgIpc) is 3.23. The summed E-state index contributed by atoms with van der Waals surface area (Å²) in [6.07, 6.45) is 0. The molecule has 2 aromatic rings. The molecule has 2 heterocycles. The van der Waals surface area contributed by atoms with Crippen LogP contribution in [0, 0.1) is 0 Å². The van der Waals surface area contributed by atoms with Gasteiger partial charge in [0.1, 0.15) is 12.3 Å². The molecule has 30 heavy (non-hydrogen) atoms. The number of ether oxygens (including phenoxy) is 1. The molecule has 154 valence electrons. The van der Waals surface area contributed by atoms with E-state index in [1.165, 1.54) is 11.1 Å². The van der Waals surface area contributed by atoms with Gasteiger partial charge in [-0.3, -0.25) is 19.4 Å². The van der Waals surface area contributed by atoms with Crippen LogP contribution in [0.4, 0.5) is 11.4 Å². The Morgan fingerprint density at radius 2 is 1.97 bits per heavy atom. The molecule has 10 heteroatoms. The molecule has 2 aliphatic rings. The highest BCUT2D eigenvalue weighted by molar-refractivity contribution is 6.31. The van der Waals surface area contributed by atoms with Crippen molar-refractivity contribution in [1.29, 1.82) is 0 Å². The lowest BCUT2D eigenvalue weighted by Crippen LogP contribution is -2.43. The number of fused-ring (bicyclic) bond motifs is 1. The second kappa shape index (κ2) is 8.11. The SMILES string of the molecule is CCOc1ccccc1NC(=O)CN1N=N[C@@H]2C(=O)N(c3cccc(Cl)c3)C(=O)[C@@H]21. The Morgan fingerprint density at radius 3 is 2.73 bits per heavy atom.